The summed E-state index contributed by atoms with van der Waals surface area (Å²) in [7, 11) is 0. The van der Waals surface area contributed by atoms with Crippen molar-refractivity contribution in [2.24, 2.45) is 5.92 Å². The molecule has 0 bridgehead atoms. The molecule has 3 aromatic rings. The molecule has 7 nitrogen and oxygen atoms in total. The molecule has 0 radical (unpaired) electrons. The van der Waals surface area contributed by atoms with E-state index in [2.05, 4.69) is 11.9 Å². The Bertz CT molecular complexity index is 1050. The first-order valence-electron chi connectivity index (χ1n) is 9.85. The number of hydrogen-bond acceptors (Lipinski definition) is 4. The van der Waals surface area contributed by atoms with Crippen LogP contribution in [0.5, 0.6) is 0 Å². The Morgan fingerprint density at radius 2 is 1.79 bits per heavy atom. The lowest BCUT2D eigenvalue weighted by atomic mass is 10.1. The molecule has 1 unspecified atom stereocenters. The van der Waals surface area contributed by atoms with Gasteiger partial charge >= 0.3 is 5.69 Å². The quantitative estimate of drug-likeness (QED) is 0.647. The molecule has 0 aliphatic carbocycles. The Hall–Kier alpha value is -2.67. The molecule has 0 spiro atoms. The van der Waals surface area contributed by atoms with Gasteiger partial charge in [0.2, 0.25) is 0 Å². The third kappa shape index (κ3) is 3.94. The van der Waals surface area contributed by atoms with Crippen LogP contribution in [0.25, 0.3) is 11.2 Å². The minimum Gasteiger partial charge on any atom is -0.387 e. The highest BCUT2D eigenvalue weighted by atomic mass is 16.3. The van der Waals surface area contributed by atoms with Crippen LogP contribution in [0.4, 0.5) is 0 Å². The van der Waals surface area contributed by atoms with Crippen LogP contribution in [-0.4, -0.2) is 23.8 Å². The van der Waals surface area contributed by atoms with Crippen molar-refractivity contribution in [2.75, 3.05) is 0 Å². The van der Waals surface area contributed by atoms with Crippen LogP contribution < -0.4 is 11.2 Å². The smallest absolute Gasteiger partial charge is 0.332 e. The first-order chi connectivity index (χ1) is 13.4. The van der Waals surface area contributed by atoms with Gasteiger partial charge in [-0.1, -0.05) is 57.5 Å². The third-order valence-electron chi connectivity index (χ3n) is 4.82. The minimum absolute atomic E-state index is 0.0886. The van der Waals surface area contributed by atoms with Crippen LogP contribution in [0.2, 0.25) is 0 Å². The van der Waals surface area contributed by atoms with Crippen LogP contribution in [0.3, 0.4) is 0 Å². The number of benzene rings is 1. The van der Waals surface area contributed by atoms with Gasteiger partial charge < -0.3 is 9.67 Å². The first kappa shape index (κ1) is 20.1. The number of aliphatic hydroxyl groups excluding tert-OH is 1. The van der Waals surface area contributed by atoms with Crippen LogP contribution in [-0.2, 0) is 19.6 Å². The lowest BCUT2D eigenvalue weighted by Crippen LogP contribution is -2.42. The number of rotatable bonds is 8. The molecule has 0 amide bonds. The molecule has 0 aliphatic heterocycles. The molecule has 7 heteroatoms. The summed E-state index contributed by atoms with van der Waals surface area (Å²) in [6.45, 7) is 7.16. The minimum atomic E-state index is -0.941. The lowest BCUT2D eigenvalue weighted by molar-refractivity contribution is 0.152. The van der Waals surface area contributed by atoms with Gasteiger partial charge in [-0.2, -0.15) is 0 Å². The van der Waals surface area contributed by atoms with Crippen molar-refractivity contribution in [3.8, 4) is 0 Å². The van der Waals surface area contributed by atoms with Crippen molar-refractivity contribution >= 4 is 11.2 Å². The van der Waals surface area contributed by atoms with E-state index in [-0.39, 0.29) is 12.5 Å². The molecule has 2 heterocycles. The molecule has 1 N–H and O–H groups in total. The molecule has 150 valence electrons. The van der Waals surface area contributed by atoms with Crippen LogP contribution in [0, 0.1) is 5.92 Å². The predicted molar refractivity (Wildman–Crippen MR) is 109 cm³/mol. The van der Waals surface area contributed by atoms with Crippen molar-refractivity contribution in [3.63, 3.8) is 0 Å². The second kappa shape index (κ2) is 8.56. The standard InChI is InChI=1S/C21H28N4O3/c1-4-5-11-23-14-22-19-18(23)20(27)25(21(28)24(19)12-15(2)3)13-17(26)16-9-7-6-8-10-16/h6-10,14-15,17,26H,4-5,11-13H2,1-3H3. The number of imidazole rings is 1. The Morgan fingerprint density at radius 3 is 2.43 bits per heavy atom. The highest BCUT2D eigenvalue weighted by molar-refractivity contribution is 5.70. The second-order valence-corrected chi connectivity index (χ2v) is 7.59. The number of aromatic nitrogens is 4. The maximum Gasteiger partial charge on any atom is 0.332 e. The van der Waals surface area contributed by atoms with Crippen LogP contribution in [0.15, 0.2) is 46.2 Å². The molecular formula is C21H28N4O3. The summed E-state index contributed by atoms with van der Waals surface area (Å²) in [5.41, 5.74) is 0.688. The maximum atomic E-state index is 13.2. The zero-order valence-corrected chi connectivity index (χ0v) is 16.7. The number of unbranched alkanes of at least 4 members (excludes halogenated alkanes) is 1. The van der Waals surface area contributed by atoms with Gasteiger partial charge in [0.05, 0.1) is 19.0 Å². The predicted octanol–water partition coefficient (Wildman–Crippen LogP) is 2.55. The average molecular weight is 384 g/mol. The highest BCUT2D eigenvalue weighted by Gasteiger charge is 2.20. The van der Waals surface area contributed by atoms with E-state index in [1.54, 1.807) is 23.0 Å². The SMILES string of the molecule is CCCCn1cnc2c1c(=O)n(CC(O)c1ccccc1)c(=O)n2CC(C)C. The summed E-state index contributed by atoms with van der Waals surface area (Å²) in [6.07, 6.45) is 2.60. The maximum absolute atomic E-state index is 13.2. The van der Waals surface area contributed by atoms with Gasteiger partial charge in [0, 0.05) is 13.1 Å². The topological polar surface area (TPSA) is 82.1 Å². The van der Waals surface area contributed by atoms with E-state index in [4.69, 9.17) is 0 Å². The number of nitrogens with zero attached hydrogens (tertiary/aromatic N) is 4. The fraction of sp³-hybridized carbons (Fsp3) is 0.476. The molecule has 0 saturated carbocycles. The monoisotopic (exact) mass is 384 g/mol. The Labute approximate surface area is 163 Å². The zero-order valence-electron chi connectivity index (χ0n) is 16.7. The van der Waals surface area contributed by atoms with E-state index in [9.17, 15) is 14.7 Å². The van der Waals surface area contributed by atoms with E-state index in [1.165, 1.54) is 0 Å². The number of aryl methyl sites for hydroxylation is 1. The Kier molecular flexibility index (Phi) is 6.14. The normalized spacial score (nSPS) is 12.8. The summed E-state index contributed by atoms with van der Waals surface area (Å²) in [6, 6.07) is 9.07. The summed E-state index contributed by atoms with van der Waals surface area (Å²) in [5, 5.41) is 10.6. The van der Waals surface area contributed by atoms with Gasteiger partial charge in [-0.25, -0.2) is 9.78 Å². The van der Waals surface area contributed by atoms with E-state index in [0.29, 0.717) is 29.8 Å². The summed E-state index contributed by atoms with van der Waals surface area (Å²) in [5.74, 6) is 0.215. The number of hydrogen-bond donors (Lipinski definition) is 1. The van der Waals surface area contributed by atoms with Crippen molar-refractivity contribution < 1.29 is 5.11 Å². The fourth-order valence-corrected chi connectivity index (χ4v) is 3.38. The van der Waals surface area contributed by atoms with E-state index in [1.807, 2.05) is 36.6 Å². The molecule has 3 rings (SSSR count). The van der Waals surface area contributed by atoms with Crippen molar-refractivity contribution in [1.29, 1.82) is 0 Å². The van der Waals surface area contributed by atoms with Gasteiger partial charge in [-0.05, 0) is 17.9 Å². The number of fused-ring (bicyclic) bond motifs is 1. The molecule has 0 saturated heterocycles. The zero-order chi connectivity index (χ0) is 20.3. The Morgan fingerprint density at radius 1 is 1.07 bits per heavy atom. The van der Waals surface area contributed by atoms with Crippen molar-refractivity contribution in [3.05, 3.63) is 63.1 Å². The fourth-order valence-electron chi connectivity index (χ4n) is 3.38. The largest absolute Gasteiger partial charge is 0.387 e. The van der Waals surface area contributed by atoms with Crippen molar-refractivity contribution in [2.45, 2.75) is 59.4 Å². The van der Waals surface area contributed by atoms with Gasteiger partial charge in [-0.3, -0.25) is 13.9 Å². The molecular weight excluding hydrogens is 356 g/mol. The number of aliphatic hydroxyl groups is 1. The summed E-state index contributed by atoms with van der Waals surface area (Å²) in [4.78, 5) is 30.6. The first-order valence-corrected chi connectivity index (χ1v) is 9.85. The van der Waals surface area contributed by atoms with E-state index >= 15 is 0 Å². The Balaban J connectivity index is 2.15. The van der Waals surface area contributed by atoms with Gasteiger partial charge in [0.1, 0.15) is 0 Å². The molecule has 1 atom stereocenters. The molecule has 0 aliphatic rings. The van der Waals surface area contributed by atoms with Crippen molar-refractivity contribution in [1.82, 2.24) is 18.7 Å². The molecule has 1 aromatic carbocycles. The highest BCUT2D eigenvalue weighted by Crippen LogP contribution is 2.15. The molecule has 0 fully saturated rings. The molecule has 2 aromatic heterocycles. The van der Waals surface area contributed by atoms with Crippen LogP contribution in [0.1, 0.15) is 45.3 Å². The van der Waals surface area contributed by atoms with E-state index < -0.39 is 17.4 Å². The van der Waals surface area contributed by atoms with Gasteiger partial charge in [-0.15, -0.1) is 0 Å². The second-order valence-electron chi connectivity index (χ2n) is 7.59. The average Bonchev–Trinajstić information content (AvgIpc) is 3.11. The van der Waals surface area contributed by atoms with Gasteiger partial charge in [0.25, 0.3) is 5.56 Å². The molecule has 28 heavy (non-hydrogen) atoms. The van der Waals surface area contributed by atoms with Crippen LogP contribution >= 0.6 is 0 Å². The summed E-state index contributed by atoms with van der Waals surface area (Å²) >= 11 is 0. The third-order valence-corrected chi connectivity index (χ3v) is 4.82. The lowest BCUT2D eigenvalue weighted by Gasteiger charge is -2.16. The van der Waals surface area contributed by atoms with E-state index in [0.717, 1.165) is 17.4 Å². The van der Waals surface area contributed by atoms with Gasteiger partial charge in [0.15, 0.2) is 11.2 Å². The summed E-state index contributed by atoms with van der Waals surface area (Å²) < 4.78 is 4.52.